The van der Waals surface area contributed by atoms with Gasteiger partial charge in [-0.05, 0) is 20.8 Å². The molecule has 1 rings (SSSR count). The van der Waals surface area contributed by atoms with E-state index in [0.29, 0.717) is 0 Å². The fourth-order valence-corrected chi connectivity index (χ4v) is 1.65. The fourth-order valence-electron chi connectivity index (χ4n) is 1.65. The predicted molar refractivity (Wildman–Crippen MR) is 50.1 cm³/mol. The summed E-state index contributed by atoms with van der Waals surface area (Å²) in [4.78, 5) is 23.3. The Balaban J connectivity index is 2.91. The van der Waals surface area contributed by atoms with Crippen molar-refractivity contribution in [3.8, 4) is 0 Å². The number of esters is 1. The zero-order valence-corrected chi connectivity index (χ0v) is 8.93. The molecule has 0 spiro atoms. The van der Waals surface area contributed by atoms with E-state index in [2.05, 4.69) is 4.74 Å². The molecular weight excluding hydrogens is 202 g/mol. The second-order valence-electron chi connectivity index (χ2n) is 4.47. The van der Waals surface area contributed by atoms with Crippen molar-refractivity contribution < 1.29 is 24.5 Å². The zero-order chi connectivity index (χ0) is 11.8. The van der Waals surface area contributed by atoms with Crippen LogP contribution in [0.5, 0.6) is 0 Å². The Hall–Kier alpha value is -1.30. The minimum absolute atomic E-state index is 0.0115. The van der Waals surface area contributed by atoms with E-state index < -0.39 is 29.9 Å². The van der Waals surface area contributed by atoms with Gasteiger partial charge in [-0.1, -0.05) is 0 Å². The normalized spacial score (nSPS) is 26.3. The van der Waals surface area contributed by atoms with Crippen molar-refractivity contribution in [2.45, 2.75) is 45.1 Å². The first-order chi connectivity index (χ1) is 6.73. The smallest absolute Gasteiger partial charge is 0.408 e. The molecule has 1 aliphatic rings. The lowest BCUT2D eigenvalue weighted by molar-refractivity contribution is -0.156. The molecule has 15 heavy (non-hydrogen) atoms. The van der Waals surface area contributed by atoms with Crippen LogP contribution in [0.3, 0.4) is 0 Å². The average molecular weight is 217 g/mol. The predicted octanol–water partition coefficient (Wildman–Crippen LogP) is 0.399. The molecule has 0 radical (unpaired) electrons. The lowest BCUT2D eigenvalue weighted by atomic mass is 10.0. The average Bonchev–Trinajstić information content (AvgIpc) is 2.26. The lowest BCUT2D eigenvalue weighted by Gasteiger charge is -2.35. The maximum atomic E-state index is 11.3. The van der Waals surface area contributed by atoms with Crippen LogP contribution < -0.4 is 0 Å². The van der Waals surface area contributed by atoms with Crippen LogP contribution in [0.4, 0.5) is 4.79 Å². The van der Waals surface area contributed by atoms with E-state index in [1.54, 1.807) is 20.8 Å². The standard InChI is InChI=1S/C9H15NO5/c1-9(2,3)10(8(13)14)5-4-6(11)15-7(5)12/h5-6,11H,4H2,1-3H3,(H,13,14)/t5-,6?/m1/s1. The summed E-state index contributed by atoms with van der Waals surface area (Å²) in [6.07, 6.45) is -2.41. The van der Waals surface area contributed by atoms with E-state index in [4.69, 9.17) is 10.2 Å². The van der Waals surface area contributed by atoms with Crippen LogP contribution in [0.15, 0.2) is 0 Å². The molecule has 0 saturated carbocycles. The van der Waals surface area contributed by atoms with Gasteiger partial charge in [-0.3, -0.25) is 4.90 Å². The van der Waals surface area contributed by atoms with Gasteiger partial charge in [0.2, 0.25) is 6.29 Å². The third kappa shape index (κ3) is 2.38. The number of aliphatic hydroxyl groups excluding tert-OH is 1. The van der Waals surface area contributed by atoms with E-state index in [1.807, 2.05) is 0 Å². The van der Waals surface area contributed by atoms with Gasteiger partial charge in [0.05, 0.1) is 0 Å². The number of nitrogens with zero attached hydrogens (tertiary/aromatic N) is 1. The second kappa shape index (κ2) is 3.69. The van der Waals surface area contributed by atoms with E-state index in [1.165, 1.54) is 0 Å². The largest absolute Gasteiger partial charge is 0.465 e. The SMILES string of the molecule is CC(C)(C)N(C(=O)O)[C@@H]1CC(O)OC1=O. The molecule has 0 aromatic carbocycles. The molecule has 0 aromatic rings. The summed E-state index contributed by atoms with van der Waals surface area (Å²) < 4.78 is 4.51. The Morgan fingerprint density at radius 2 is 2.07 bits per heavy atom. The number of carboxylic acid groups (broad SMARTS) is 1. The lowest BCUT2D eigenvalue weighted by Crippen LogP contribution is -2.52. The molecule has 1 fully saturated rings. The molecular formula is C9H15NO5. The Labute approximate surface area is 87.4 Å². The quantitative estimate of drug-likeness (QED) is 0.621. The summed E-state index contributed by atoms with van der Waals surface area (Å²) in [5.74, 6) is -0.695. The van der Waals surface area contributed by atoms with E-state index >= 15 is 0 Å². The van der Waals surface area contributed by atoms with Gasteiger partial charge in [-0.15, -0.1) is 0 Å². The van der Waals surface area contributed by atoms with Gasteiger partial charge in [-0.2, -0.15) is 0 Å². The molecule has 1 heterocycles. The van der Waals surface area contributed by atoms with Crippen molar-refractivity contribution in [3.63, 3.8) is 0 Å². The number of carbonyl (C=O) groups is 2. The highest BCUT2D eigenvalue weighted by Crippen LogP contribution is 2.25. The molecule has 0 aliphatic carbocycles. The van der Waals surface area contributed by atoms with Crippen LogP contribution in [0.2, 0.25) is 0 Å². The number of cyclic esters (lactones) is 1. The number of ether oxygens (including phenoxy) is 1. The van der Waals surface area contributed by atoms with Gasteiger partial charge >= 0.3 is 12.1 Å². The third-order valence-corrected chi connectivity index (χ3v) is 2.19. The van der Waals surface area contributed by atoms with E-state index in [-0.39, 0.29) is 6.42 Å². The van der Waals surface area contributed by atoms with E-state index in [9.17, 15) is 9.59 Å². The summed E-state index contributed by atoms with van der Waals surface area (Å²) in [7, 11) is 0. The van der Waals surface area contributed by atoms with Gasteiger partial charge in [0.1, 0.15) is 6.04 Å². The topological polar surface area (TPSA) is 87.1 Å². The van der Waals surface area contributed by atoms with Crippen LogP contribution >= 0.6 is 0 Å². The van der Waals surface area contributed by atoms with Crippen molar-refractivity contribution in [1.29, 1.82) is 0 Å². The Morgan fingerprint density at radius 1 is 1.53 bits per heavy atom. The van der Waals surface area contributed by atoms with E-state index in [0.717, 1.165) is 4.90 Å². The molecule has 1 saturated heterocycles. The molecule has 1 unspecified atom stereocenters. The molecule has 6 nitrogen and oxygen atoms in total. The highest BCUT2D eigenvalue weighted by Gasteiger charge is 2.44. The molecule has 0 bridgehead atoms. The maximum absolute atomic E-state index is 11.3. The summed E-state index contributed by atoms with van der Waals surface area (Å²) in [5.41, 5.74) is -0.709. The van der Waals surface area contributed by atoms with Crippen LogP contribution in [0, 0.1) is 0 Å². The van der Waals surface area contributed by atoms with Gasteiger partial charge in [0.15, 0.2) is 0 Å². The van der Waals surface area contributed by atoms with Crippen LogP contribution in [0.25, 0.3) is 0 Å². The summed E-state index contributed by atoms with van der Waals surface area (Å²) in [6.45, 7) is 5.04. The summed E-state index contributed by atoms with van der Waals surface area (Å²) in [6, 6.07) is -0.919. The molecule has 86 valence electrons. The second-order valence-corrected chi connectivity index (χ2v) is 4.47. The van der Waals surface area contributed by atoms with Crippen molar-refractivity contribution in [2.24, 2.45) is 0 Å². The van der Waals surface area contributed by atoms with Gasteiger partial charge in [-0.25, -0.2) is 9.59 Å². The monoisotopic (exact) mass is 217 g/mol. The number of amides is 1. The Morgan fingerprint density at radius 3 is 2.33 bits per heavy atom. The molecule has 2 atom stereocenters. The third-order valence-electron chi connectivity index (χ3n) is 2.19. The van der Waals surface area contributed by atoms with Crippen LogP contribution in [-0.2, 0) is 9.53 Å². The highest BCUT2D eigenvalue weighted by atomic mass is 16.6. The van der Waals surface area contributed by atoms with Gasteiger partial charge in [0.25, 0.3) is 0 Å². The Kier molecular flexibility index (Phi) is 2.90. The molecule has 1 aliphatic heterocycles. The molecule has 1 amide bonds. The van der Waals surface area contributed by atoms with Crippen molar-refractivity contribution in [3.05, 3.63) is 0 Å². The van der Waals surface area contributed by atoms with Crippen molar-refractivity contribution in [1.82, 2.24) is 4.90 Å². The first-order valence-electron chi connectivity index (χ1n) is 4.64. The van der Waals surface area contributed by atoms with Crippen molar-refractivity contribution >= 4 is 12.1 Å². The molecule has 2 N–H and O–H groups in total. The zero-order valence-electron chi connectivity index (χ0n) is 8.93. The summed E-state index contributed by atoms with van der Waals surface area (Å²) >= 11 is 0. The molecule has 0 aromatic heterocycles. The number of carbonyl (C=O) groups excluding carboxylic acids is 1. The highest BCUT2D eigenvalue weighted by molar-refractivity contribution is 5.82. The summed E-state index contributed by atoms with van der Waals surface area (Å²) in [5, 5.41) is 18.1. The number of rotatable bonds is 1. The van der Waals surface area contributed by atoms with Crippen molar-refractivity contribution in [2.75, 3.05) is 0 Å². The Bertz CT molecular complexity index is 283. The number of hydrogen-bond acceptors (Lipinski definition) is 4. The maximum Gasteiger partial charge on any atom is 0.408 e. The van der Waals surface area contributed by atoms with Gasteiger partial charge < -0.3 is 14.9 Å². The minimum Gasteiger partial charge on any atom is -0.465 e. The van der Waals surface area contributed by atoms with Crippen LogP contribution in [0.1, 0.15) is 27.2 Å². The number of aliphatic hydroxyl groups is 1. The first-order valence-corrected chi connectivity index (χ1v) is 4.64. The van der Waals surface area contributed by atoms with Crippen LogP contribution in [-0.4, -0.2) is 45.0 Å². The molecule has 6 heteroatoms. The van der Waals surface area contributed by atoms with Gasteiger partial charge in [0, 0.05) is 12.0 Å². The fraction of sp³-hybridized carbons (Fsp3) is 0.778. The minimum atomic E-state index is -1.20. The number of hydrogen-bond donors (Lipinski definition) is 2. The first kappa shape index (κ1) is 11.8.